The van der Waals surface area contributed by atoms with Crippen molar-refractivity contribution in [3.63, 3.8) is 0 Å². The van der Waals surface area contributed by atoms with Crippen LogP contribution in [-0.2, 0) is 25.0 Å². The minimum Gasteiger partial charge on any atom is -0.377 e. The van der Waals surface area contributed by atoms with Gasteiger partial charge in [0.25, 0.3) is 9.05 Å². The van der Waals surface area contributed by atoms with Gasteiger partial charge in [0.2, 0.25) is 5.91 Å². The number of hydrogen-bond acceptors (Lipinski definition) is 4. The normalized spacial score (nSPS) is 11.6. The lowest BCUT2D eigenvalue weighted by Crippen LogP contribution is -2.28. The maximum absolute atomic E-state index is 11.6. The molecule has 0 aliphatic heterocycles. The Kier molecular flexibility index (Phi) is 7.14. The van der Waals surface area contributed by atoms with E-state index in [1.807, 2.05) is 13.8 Å². The largest absolute Gasteiger partial charge is 0.377 e. The van der Waals surface area contributed by atoms with Gasteiger partial charge in [-0.1, -0.05) is 12.1 Å². The molecular weight excluding hydrogens is 314 g/mol. The molecule has 0 saturated heterocycles. The standard InChI is InChI=1S/C14H20ClNO4S/c1-11(2)20-10-9-16-14(17)8-5-12-3-6-13(7-4-12)21(15,18)19/h3-4,6-7,11H,5,8-10H2,1-2H3,(H,16,17). The van der Waals surface area contributed by atoms with E-state index in [1.165, 1.54) is 12.1 Å². The lowest BCUT2D eigenvalue weighted by molar-refractivity contribution is -0.121. The van der Waals surface area contributed by atoms with E-state index in [9.17, 15) is 13.2 Å². The van der Waals surface area contributed by atoms with Crippen molar-refractivity contribution in [1.82, 2.24) is 5.32 Å². The van der Waals surface area contributed by atoms with E-state index < -0.39 is 9.05 Å². The molecule has 1 amide bonds. The van der Waals surface area contributed by atoms with Crippen molar-refractivity contribution in [3.8, 4) is 0 Å². The fourth-order valence-electron chi connectivity index (χ4n) is 1.65. The Hall–Kier alpha value is -1.11. The molecule has 0 unspecified atom stereocenters. The highest BCUT2D eigenvalue weighted by Crippen LogP contribution is 2.15. The number of aryl methyl sites for hydroxylation is 1. The third-order valence-corrected chi connectivity index (χ3v) is 4.09. The van der Waals surface area contributed by atoms with Crippen molar-refractivity contribution < 1.29 is 17.9 Å². The van der Waals surface area contributed by atoms with Crippen LogP contribution < -0.4 is 5.32 Å². The fourth-order valence-corrected chi connectivity index (χ4v) is 2.42. The van der Waals surface area contributed by atoms with Crippen LogP contribution in [0.1, 0.15) is 25.8 Å². The number of carbonyl (C=O) groups is 1. The fraction of sp³-hybridized carbons (Fsp3) is 0.500. The van der Waals surface area contributed by atoms with E-state index in [2.05, 4.69) is 5.32 Å². The number of nitrogens with one attached hydrogen (secondary N) is 1. The van der Waals surface area contributed by atoms with E-state index in [1.54, 1.807) is 12.1 Å². The zero-order chi connectivity index (χ0) is 15.9. The Balaban J connectivity index is 2.33. The van der Waals surface area contributed by atoms with Gasteiger partial charge in [-0.05, 0) is 38.0 Å². The molecule has 0 aliphatic carbocycles. The maximum Gasteiger partial charge on any atom is 0.261 e. The van der Waals surface area contributed by atoms with Crippen LogP contribution in [-0.4, -0.2) is 33.6 Å². The number of hydrogen-bond donors (Lipinski definition) is 1. The maximum atomic E-state index is 11.6. The van der Waals surface area contributed by atoms with Crippen molar-refractivity contribution in [1.29, 1.82) is 0 Å². The summed E-state index contributed by atoms with van der Waals surface area (Å²) in [7, 11) is 1.53. The molecule has 0 bridgehead atoms. The highest BCUT2D eigenvalue weighted by Gasteiger charge is 2.09. The molecule has 0 saturated carbocycles. The van der Waals surface area contributed by atoms with Gasteiger partial charge in [0.15, 0.2) is 0 Å². The Morgan fingerprint density at radius 3 is 2.43 bits per heavy atom. The molecule has 1 aromatic rings. The van der Waals surface area contributed by atoms with Crippen molar-refractivity contribution in [2.24, 2.45) is 0 Å². The zero-order valence-electron chi connectivity index (χ0n) is 12.1. The molecule has 1 aromatic carbocycles. The lowest BCUT2D eigenvalue weighted by Gasteiger charge is -2.08. The van der Waals surface area contributed by atoms with E-state index in [0.29, 0.717) is 26.0 Å². The molecular formula is C14H20ClNO4S. The summed E-state index contributed by atoms with van der Waals surface area (Å²) >= 11 is 0. The first-order valence-electron chi connectivity index (χ1n) is 6.71. The summed E-state index contributed by atoms with van der Waals surface area (Å²) in [6.07, 6.45) is 1.03. The van der Waals surface area contributed by atoms with Gasteiger partial charge in [0.05, 0.1) is 17.6 Å². The summed E-state index contributed by atoms with van der Waals surface area (Å²) in [6, 6.07) is 6.19. The van der Waals surface area contributed by atoms with Crippen molar-refractivity contribution in [2.75, 3.05) is 13.2 Å². The lowest BCUT2D eigenvalue weighted by atomic mass is 10.1. The van der Waals surface area contributed by atoms with Gasteiger partial charge < -0.3 is 10.1 Å². The van der Waals surface area contributed by atoms with Crippen LogP contribution in [0.5, 0.6) is 0 Å². The van der Waals surface area contributed by atoms with Gasteiger partial charge in [-0.25, -0.2) is 8.42 Å². The van der Waals surface area contributed by atoms with Gasteiger partial charge in [0, 0.05) is 23.6 Å². The number of carbonyl (C=O) groups excluding carboxylic acids is 1. The van der Waals surface area contributed by atoms with Gasteiger partial charge >= 0.3 is 0 Å². The molecule has 7 heteroatoms. The molecule has 0 radical (unpaired) electrons. The summed E-state index contributed by atoms with van der Waals surface area (Å²) in [5, 5.41) is 2.76. The Morgan fingerprint density at radius 2 is 1.90 bits per heavy atom. The Bertz CT molecular complexity index is 555. The highest BCUT2D eigenvalue weighted by molar-refractivity contribution is 8.13. The minimum absolute atomic E-state index is 0.0585. The van der Waals surface area contributed by atoms with Crippen LogP contribution >= 0.6 is 10.7 Å². The van der Waals surface area contributed by atoms with Crippen molar-refractivity contribution in [2.45, 2.75) is 37.7 Å². The first-order valence-corrected chi connectivity index (χ1v) is 9.02. The van der Waals surface area contributed by atoms with Crippen LogP contribution in [0.2, 0.25) is 0 Å². The number of benzene rings is 1. The molecule has 0 spiro atoms. The van der Waals surface area contributed by atoms with E-state index >= 15 is 0 Å². The predicted octanol–water partition coefficient (Wildman–Crippen LogP) is 2.09. The van der Waals surface area contributed by atoms with Gasteiger partial charge in [-0.2, -0.15) is 0 Å². The number of rotatable bonds is 8. The summed E-state index contributed by atoms with van der Waals surface area (Å²) in [6.45, 7) is 4.85. The van der Waals surface area contributed by atoms with Crippen LogP contribution in [0.3, 0.4) is 0 Å². The summed E-state index contributed by atoms with van der Waals surface area (Å²) in [4.78, 5) is 11.7. The van der Waals surface area contributed by atoms with Gasteiger partial charge in [-0.3, -0.25) is 4.79 Å². The SMILES string of the molecule is CC(C)OCCNC(=O)CCc1ccc(S(=O)(=O)Cl)cc1. The first kappa shape index (κ1) is 17.9. The Labute approximate surface area is 130 Å². The van der Waals surface area contributed by atoms with Crippen LogP contribution in [0, 0.1) is 0 Å². The molecule has 0 fully saturated rings. The van der Waals surface area contributed by atoms with Crippen molar-refractivity contribution >= 4 is 25.6 Å². The van der Waals surface area contributed by atoms with Crippen LogP contribution in [0.4, 0.5) is 0 Å². The molecule has 118 valence electrons. The number of amides is 1. The molecule has 5 nitrogen and oxygen atoms in total. The van der Waals surface area contributed by atoms with E-state index in [-0.39, 0.29) is 16.9 Å². The van der Waals surface area contributed by atoms with Crippen molar-refractivity contribution in [3.05, 3.63) is 29.8 Å². The first-order chi connectivity index (χ1) is 9.79. The summed E-state index contributed by atoms with van der Waals surface area (Å²) in [5.41, 5.74) is 0.882. The molecule has 0 heterocycles. The number of halogens is 1. The molecule has 1 N–H and O–H groups in total. The summed E-state index contributed by atoms with van der Waals surface area (Å²) < 4.78 is 27.5. The summed E-state index contributed by atoms with van der Waals surface area (Å²) in [5.74, 6) is -0.0589. The van der Waals surface area contributed by atoms with Crippen LogP contribution in [0.25, 0.3) is 0 Å². The topological polar surface area (TPSA) is 72.5 Å². The third-order valence-electron chi connectivity index (χ3n) is 2.72. The molecule has 0 aliphatic rings. The smallest absolute Gasteiger partial charge is 0.261 e. The highest BCUT2D eigenvalue weighted by atomic mass is 35.7. The minimum atomic E-state index is -3.69. The predicted molar refractivity (Wildman–Crippen MR) is 81.9 cm³/mol. The number of ether oxygens (including phenoxy) is 1. The quantitative estimate of drug-likeness (QED) is 0.584. The Morgan fingerprint density at radius 1 is 1.29 bits per heavy atom. The second-order valence-corrected chi connectivity index (χ2v) is 7.42. The average molecular weight is 334 g/mol. The monoisotopic (exact) mass is 333 g/mol. The molecule has 0 atom stereocenters. The zero-order valence-corrected chi connectivity index (χ0v) is 13.7. The second kappa shape index (κ2) is 8.36. The molecule has 1 rings (SSSR count). The average Bonchev–Trinajstić information content (AvgIpc) is 2.40. The molecule has 0 aromatic heterocycles. The third kappa shape index (κ3) is 7.45. The molecule has 21 heavy (non-hydrogen) atoms. The van der Waals surface area contributed by atoms with Gasteiger partial charge in [0.1, 0.15) is 0 Å². The second-order valence-electron chi connectivity index (χ2n) is 4.85. The van der Waals surface area contributed by atoms with E-state index in [0.717, 1.165) is 5.56 Å². The van der Waals surface area contributed by atoms with Gasteiger partial charge in [-0.15, -0.1) is 0 Å². The van der Waals surface area contributed by atoms with E-state index in [4.69, 9.17) is 15.4 Å². The van der Waals surface area contributed by atoms with Crippen LogP contribution in [0.15, 0.2) is 29.2 Å².